The molecule has 0 aliphatic rings. The van der Waals surface area contributed by atoms with Crippen molar-refractivity contribution >= 4 is 38.6 Å². The fraction of sp³-hybridized carbons (Fsp3) is 0.167. The van der Waals surface area contributed by atoms with E-state index < -0.39 is 0 Å². The predicted octanol–water partition coefficient (Wildman–Crippen LogP) is 5.60. The van der Waals surface area contributed by atoms with Crippen LogP contribution in [0, 0.1) is 6.92 Å². The molecular formula is C24H23BrN4O. The summed E-state index contributed by atoms with van der Waals surface area (Å²) in [6, 6.07) is 17.8. The summed E-state index contributed by atoms with van der Waals surface area (Å²) in [5, 5.41) is 7.14. The number of benzene rings is 2. The highest BCUT2D eigenvalue weighted by molar-refractivity contribution is 9.10. The topological polar surface area (TPSA) is 59.0 Å². The van der Waals surface area contributed by atoms with Crippen molar-refractivity contribution in [2.24, 2.45) is 7.05 Å². The van der Waals surface area contributed by atoms with Gasteiger partial charge in [-0.25, -0.2) is 4.79 Å². The Balaban J connectivity index is 1.58. The van der Waals surface area contributed by atoms with Crippen molar-refractivity contribution in [3.63, 3.8) is 0 Å². The summed E-state index contributed by atoms with van der Waals surface area (Å²) >= 11 is 3.48. The molecule has 30 heavy (non-hydrogen) atoms. The molecule has 4 aromatic rings. The number of urea groups is 1. The third-order valence-corrected chi connectivity index (χ3v) is 6.16. The summed E-state index contributed by atoms with van der Waals surface area (Å²) in [5.41, 5.74) is 5.22. The van der Waals surface area contributed by atoms with E-state index in [1.807, 2.05) is 56.6 Å². The van der Waals surface area contributed by atoms with Crippen LogP contribution in [0.15, 0.2) is 77.7 Å². The molecule has 2 amide bonds. The zero-order chi connectivity index (χ0) is 21.1. The molecule has 0 spiro atoms. The number of nitrogens with zero attached hydrogens (tertiary/aromatic N) is 2. The molecule has 6 heteroatoms. The molecule has 0 aliphatic heterocycles. The van der Waals surface area contributed by atoms with E-state index in [2.05, 4.69) is 60.5 Å². The maximum Gasteiger partial charge on any atom is 0.319 e. The number of carbonyl (C=O) groups is 1. The third kappa shape index (κ3) is 4.24. The Labute approximate surface area is 184 Å². The normalized spacial score (nSPS) is 12.0. The average Bonchev–Trinajstić information content (AvgIpc) is 3.08. The monoisotopic (exact) mass is 462 g/mol. The van der Waals surface area contributed by atoms with Gasteiger partial charge in [0.1, 0.15) is 0 Å². The molecule has 1 unspecified atom stereocenters. The van der Waals surface area contributed by atoms with Crippen LogP contribution in [-0.2, 0) is 7.05 Å². The first-order valence-corrected chi connectivity index (χ1v) is 10.6. The van der Waals surface area contributed by atoms with Gasteiger partial charge in [0.25, 0.3) is 0 Å². The van der Waals surface area contributed by atoms with Gasteiger partial charge in [-0.05, 0) is 53.9 Å². The maximum absolute atomic E-state index is 12.6. The molecule has 0 bridgehead atoms. The number of carbonyl (C=O) groups excluding carboxylic acids is 1. The summed E-state index contributed by atoms with van der Waals surface area (Å²) in [6.45, 7) is 2.45. The molecule has 0 radical (unpaired) electrons. The second kappa shape index (κ2) is 8.71. The van der Waals surface area contributed by atoms with Crippen LogP contribution in [0.3, 0.4) is 0 Å². The fourth-order valence-electron chi connectivity index (χ4n) is 3.73. The van der Waals surface area contributed by atoms with E-state index in [1.54, 1.807) is 6.20 Å². The van der Waals surface area contributed by atoms with Gasteiger partial charge in [0.05, 0.1) is 0 Å². The number of anilines is 1. The zero-order valence-corrected chi connectivity index (χ0v) is 18.5. The Bertz CT molecular complexity index is 1190. The smallest absolute Gasteiger partial charge is 0.319 e. The number of nitrogens with one attached hydrogen (secondary N) is 2. The predicted molar refractivity (Wildman–Crippen MR) is 125 cm³/mol. The standard InChI is InChI=1S/C24H23BrN4O/c1-16-12-18(9-10-22(16)25)28-24(30)27-14-20(17-6-5-11-26-13-17)21-15-29(2)23-8-4-3-7-19(21)23/h3-13,15,20H,14H2,1-2H3,(H2,27,28,30). The second-order valence-corrected chi connectivity index (χ2v) is 8.20. The minimum Gasteiger partial charge on any atom is -0.350 e. The molecule has 0 saturated heterocycles. The van der Waals surface area contributed by atoms with Crippen molar-refractivity contribution in [3.8, 4) is 0 Å². The van der Waals surface area contributed by atoms with Crippen LogP contribution in [0.4, 0.5) is 10.5 Å². The molecule has 2 aromatic heterocycles. The Morgan fingerprint density at radius 1 is 1.17 bits per heavy atom. The number of para-hydroxylation sites is 1. The van der Waals surface area contributed by atoms with E-state index in [1.165, 1.54) is 10.9 Å². The Morgan fingerprint density at radius 2 is 2.00 bits per heavy atom. The molecule has 4 rings (SSSR count). The zero-order valence-electron chi connectivity index (χ0n) is 16.9. The first-order valence-electron chi connectivity index (χ1n) is 9.78. The number of halogens is 1. The van der Waals surface area contributed by atoms with E-state index in [9.17, 15) is 4.79 Å². The van der Waals surface area contributed by atoms with Gasteiger partial charge in [-0.15, -0.1) is 0 Å². The van der Waals surface area contributed by atoms with Crippen LogP contribution in [-0.4, -0.2) is 22.1 Å². The summed E-state index contributed by atoms with van der Waals surface area (Å²) in [4.78, 5) is 16.9. The van der Waals surface area contributed by atoms with Gasteiger partial charge >= 0.3 is 6.03 Å². The van der Waals surface area contributed by atoms with Crippen LogP contribution < -0.4 is 10.6 Å². The lowest BCUT2D eigenvalue weighted by atomic mass is 9.92. The van der Waals surface area contributed by atoms with Gasteiger partial charge in [0.2, 0.25) is 0 Å². The van der Waals surface area contributed by atoms with Crippen LogP contribution in [0.5, 0.6) is 0 Å². The Morgan fingerprint density at radius 3 is 2.77 bits per heavy atom. The maximum atomic E-state index is 12.6. The molecule has 2 aromatic carbocycles. The number of hydrogen-bond donors (Lipinski definition) is 2. The number of amides is 2. The van der Waals surface area contributed by atoms with E-state index >= 15 is 0 Å². The summed E-state index contributed by atoms with van der Waals surface area (Å²) < 4.78 is 3.14. The van der Waals surface area contributed by atoms with Gasteiger partial charge in [0, 0.05) is 59.2 Å². The van der Waals surface area contributed by atoms with Gasteiger partial charge in [-0.2, -0.15) is 0 Å². The van der Waals surface area contributed by atoms with Gasteiger partial charge in [-0.1, -0.05) is 40.2 Å². The quantitative estimate of drug-likeness (QED) is 0.405. The van der Waals surface area contributed by atoms with Crippen molar-refractivity contribution in [2.45, 2.75) is 12.8 Å². The van der Waals surface area contributed by atoms with Crippen molar-refractivity contribution in [2.75, 3.05) is 11.9 Å². The fourth-order valence-corrected chi connectivity index (χ4v) is 3.98. The minimum atomic E-state index is -0.231. The van der Waals surface area contributed by atoms with Crippen LogP contribution >= 0.6 is 15.9 Å². The number of aryl methyl sites for hydroxylation is 2. The highest BCUT2D eigenvalue weighted by atomic mass is 79.9. The lowest BCUT2D eigenvalue weighted by Gasteiger charge is -2.18. The van der Waals surface area contributed by atoms with E-state index in [0.717, 1.165) is 26.8 Å². The number of aromatic nitrogens is 2. The molecule has 1 atom stereocenters. The number of pyridine rings is 1. The second-order valence-electron chi connectivity index (χ2n) is 7.35. The molecule has 0 aliphatic carbocycles. The molecule has 2 N–H and O–H groups in total. The highest BCUT2D eigenvalue weighted by Gasteiger charge is 2.20. The number of fused-ring (bicyclic) bond motifs is 1. The van der Waals surface area contributed by atoms with E-state index in [4.69, 9.17) is 0 Å². The molecule has 5 nitrogen and oxygen atoms in total. The average molecular weight is 463 g/mol. The lowest BCUT2D eigenvalue weighted by Crippen LogP contribution is -2.32. The van der Waals surface area contributed by atoms with Crippen molar-refractivity contribution in [1.82, 2.24) is 14.9 Å². The van der Waals surface area contributed by atoms with E-state index in [-0.39, 0.29) is 11.9 Å². The first-order chi connectivity index (χ1) is 14.5. The van der Waals surface area contributed by atoms with Crippen molar-refractivity contribution < 1.29 is 4.79 Å². The molecule has 2 heterocycles. The lowest BCUT2D eigenvalue weighted by molar-refractivity contribution is 0.252. The van der Waals surface area contributed by atoms with Gasteiger partial charge in [-0.3, -0.25) is 4.98 Å². The molecule has 0 saturated carbocycles. The number of rotatable bonds is 5. The third-order valence-electron chi connectivity index (χ3n) is 5.27. The van der Waals surface area contributed by atoms with Crippen molar-refractivity contribution in [3.05, 3.63) is 94.4 Å². The van der Waals surface area contributed by atoms with Gasteiger partial charge < -0.3 is 15.2 Å². The first kappa shape index (κ1) is 20.2. The summed E-state index contributed by atoms with van der Waals surface area (Å²) in [5.74, 6) is -0.0118. The van der Waals surface area contributed by atoms with E-state index in [0.29, 0.717) is 6.54 Å². The molecule has 0 fully saturated rings. The Kier molecular flexibility index (Phi) is 5.86. The highest BCUT2D eigenvalue weighted by Crippen LogP contribution is 2.31. The molecular weight excluding hydrogens is 440 g/mol. The molecule has 152 valence electrons. The van der Waals surface area contributed by atoms with Crippen LogP contribution in [0.2, 0.25) is 0 Å². The summed E-state index contributed by atoms with van der Waals surface area (Å²) in [7, 11) is 2.04. The largest absolute Gasteiger partial charge is 0.350 e. The summed E-state index contributed by atoms with van der Waals surface area (Å²) in [6.07, 6.45) is 5.77. The minimum absolute atomic E-state index is 0.0118. The van der Waals surface area contributed by atoms with Crippen LogP contribution in [0.25, 0.3) is 10.9 Å². The number of hydrogen-bond acceptors (Lipinski definition) is 2. The SMILES string of the molecule is Cc1cc(NC(=O)NCC(c2cccnc2)c2cn(C)c3ccccc23)ccc1Br. The van der Waals surface area contributed by atoms with Gasteiger partial charge in [0.15, 0.2) is 0 Å². The van der Waals surface area contributed by atoms with Crippen LogP contribution in [0.1, 0.15) is 22.6 Å². The van der Waals surface area contributed by atoms with Crippen molar-refractivity contribution in [1.29, 1.82) is 0 Å². The Hall–Kier alpha value is -3.12.